The molecule has 1 fully saturated rings. The van der Waals surface area contributed by atoms with Crippen molar-refractivity contribution in [2.45, 2.75) is 81.6 Å². The first-order chi connectivity index (χ1) is 17.2. The van der Waals surface area contributed by atoms with Gasteiger partial charge in [-0.05, 0) is 80.5 Å². The van der Waals surface area contributed by atoms with E-state index in [0.717, 1.165) is 68.9 Å². The Bertz CT molecular complexity index is 1050. The van der Waals surface area contributed by atoms with E-state index in [1.807, 2.05) is 6.07 Å². The van der Waals surface area contributed by atoms with Crippen LogP contribution in [-0.2, 0) is 32.5 Å². The van der Waals surface area contributed by atoms with Gasteiger partial charge >= 0.3 is 5.97 Å². The van der Waals surface area contributed by atoms with Crippen molar-refractivity contribution in [3.8, 4) is 0 Å². The van der Waals surface area contributed by atoms with Crippen LogP contribution in [0.25, 0.3) is 0 Å². The fraction of sp³-hybridized carbons (Fsp3) is 0.640. The number of sulfonamides is 1. The number of nitrogens with two attached hydrogens (primary N) is 2. The Morgan fingerprint density at radius 2 is 1.78 bits per heavy atom. The minimum Gasteiger partial charge on any atom is -0.480 e. The Hall–Kier alpha value is -2.66. The maximum Gasteiger partial charge on any atom is 0.323 e. The normalized spacial score (nSPS) is 17.1. The van der Waals surface area contributed by atoms with Gasteiger partial charge in [0.1, 0.15) is 12.6 Å². The van der Waals surface area contributed by atoms with Crippen molar-refractivity contribution in [2.24, 2.45) is 22.4 Å². The minimum atomic E-state index is -4.02. The maximum atomic E-state index is 13.6. The van der Waals surface area contributed by atoms with Gasteiger partial charge in [0.15, 0.2) is 5.96 Å². The molecule has 1 amide bonds. The van der Waals surface area contributed by atoms with Crippen molar-refractivity contribution in [3.05, 3.63) is 29.3 Å². The lowest BCUT2D eigenvalue weighted by Crippen LogP contribution is -2.51. The highest BCUT2D eigenvalue weighted by atomic mass is 32.2. The van der Waals surface area contributed by atoms with E-state index in [1.54, 1.807) is 12.1 Å². The number of aliphatic imine (C=N–C) groups is 1. The first-order valence-corrected chi connectivity index (χ1v) is 14.3. The maximum absolute atomic E-state index is 13.6. The molecule has 0 radical (unpaired) electrons. The largest absolute Gasteiger partial charge is 0.480 e. The zero-order valence-electron chi connectivity index (χ0n) is 20.8. The predicted octanol–water partition coefficient (Wildman–Crippen LogP) is 1.76. The number of carboxylic acid groups (broad SMARTS) is 1. The number of aliphatic carboxylic acids is 1. The number of benzene rings is 1. The second-order valence-electron chi connectivity index (χ2n) is 9.88. The van der Waals surface area contributed by atoms with Crippen molar-refractivity contribution in [1.29, 1.82) is 0 Å². The summed E-state index contributed by atoms with van der Waals surface area (Å²) in [6.45, 7) is 0.0602. The van der Waals surface area contributed by atoms with Crippen LogP contribution in [0, 0.1) is 5.92 Å². The summed E-state index contributed by atoms with van der Waals surface area (Å²) in [5, 5.41) is 9.46. The topological polar surface area (TPSA) is 168 Å². The van der Waals surface area contributed by atoms with Crippen molar-refractivity contribution in [1.82, 2.24) is 9.62 Å². The van der Waals surface area contributed by atoms with E-state index < -0.39 is 34.5 Å². The van der Waals surface area contributed by atoms with E-state index in [2.05, 4.69) is 9.71 Å². The molecule has 200 valence electrons. The molecule has 0 heterocycles. The van der Waals surface area contributed by atoms with Crippen molar-refractivity contribution >= 4 is 27.9 Å². The molecule has 0 unspecified atom stereocenters. The molecule has 11 heteroatoms. The van der Waals surface area contributed by atoms with Crippen LogP contribution in [-0.4, -0.2) is 61.9 Å². The third-order valence-electron chi connectivity index (χ3n) is 7.01. The zero-order chi connectivity index (χ0) is 26.1. The minimum absolute atomic E-state index is 0.0858. The van der Waals surface area contributed by atoms with Crippen molar-refractivity contribution < 1.29 is 23.1 Å². The van der Waals surface area contributed by atoms with Crippen LogP contribution in [0.5, 0.6) is 0 Å². The lowest BCUT2D eigenvalue weighted by atomic mass is 9.89. The van der Waals surface area contributed by atoms with Gasteiger partial charge in [-0.25, -0.2) is 8.42 Å². The summed E-state index contributed by atoms with van der Waals surface area (Å²) < 4.78 is 29.3. The third-order valence-corrected chi connectivity index (χ3v) is 8.48. The van der Waals surface area contributed by atoms with Crippen LogP contribution in [0.15, 0.2) is 28.1 Å². The van der Waals surface area contributed by atoms with E-state index >= 15 is 0 Å². The molecule has 2 aliphatic rings. The number of nitrogens with one attached hydrogen (secondary N) is 1. The van der Waals surface area contributed by atoms with Crippen LogP contribution in [0.2, 0.25) is 0 Å². The second kappa shape index (κ2) is 13.0. The molecule has 1 atom stereocenters. The molecule has 36 heavy (non-hydrogen) atoms. The molecule has 1 saturated carbocycles. The number of amides is 1. The van der Waals surface area contributed by atoms with Gasteiger partial charge in [-0.3, -0.25) is 14.6 Å². The molecular weight excluding hydrogens is 482 g/mol. The predicted molar refractivity (Wildman–Crippen MR) is 138 cm³/mol. The summed E-state index contributed by atoms with van der Waals surface area (Å²) >= 11 is 0. The summed E-state index contributed by atoms with van der Waals surface area (Å²) in [5.41, 5.74) is 12.9. The lowest BCUT2D eigenvalue weighted by molar-refractivity contribution is -0.145. The summed E-state index contributed by atoms with van der Waals surface area (Å²) in [4.78, 5) is 30.5. The number of carboxylic acids is 1. The highest BCUT2D eigenvalue weighted by Gasteiger charge is 2.32. The zero-order valence-corrected chi connectivity index (χ0v) is 21.6. The number of hydrogen-bond donors (Lipinski definition) is 4. The lowest BCUT2D eigenvalue weighted by Gasteiger charge is -2.31. The van der Waals surface area contributed by atoms with E-state index in [1.165, 1.54) is 4.90 Å². The number of fused-ring (bicyclic) bond motifs is 1. The Kier molecular flexibility index (Phi) is 10.1. The Morgan fingerprint density at radius 3 is 2.44 bits per heavy atom. The molecule has 0 spiro atoms. The van der Waals surface area contributed by atoms with Gasteiger partial charge < -0.3 is 21.5 Å². The number of carbonyl (C=O) groups excluding carboxylic acids is 1. The third kappa shape index (κ3) is 8.19. The average molecular weight is 522 g/mol. The highest BCUT2D eigenvalue weighted by molar-refractivity contribution is 7.89. The van der Waals surface area contributed by atoms with E-state index in [-0.39, 0.29) is 29.7 Å². The van der Waals surface area contributed by atoms with Crippen molar-refractivity contribution in [3.63, 3.8) is 0 Å². The smallest absolute Gasteiger partial charge is 0.323 e. The Labute approximate surface area is 213 Å². The van der Waals surface area contributed by atoms with Gasteiger partial charge in [-0.2, -0.15) is 4.72 Å². The van der Waals surface area contributed by atoms with Gasteiger partial charge in [-0.15, -0.1) is 0 Å². The number of nitrogens with zero attached hydrogens (tertiary/aromatic N) is 2. The molecular formula is C25H39N5O5S. The number of aryl methyl sites for hydroxylation is 2. The molecule has 0 bridgehead atoms. The molecule has 3 rings (SSSR count). The summed E-state index contributed by atoms with van der Waals surface area (Å²) in [6.07, 6.45) is 9.44. The first kappa shape index (κ1) is 27.9. The summed E-state index contributed by atoms with van der Waals surface area (Å²) in [7, 11) is -4.02. The van der Waals surface area contributed by atoms with E-state index in [4.69, 9.17) is 11.5 Å². The molecule has 0 aromatic heterocycles. The highest BCUT2D eigenvalue weighted by Crippen LogP contribution is 2.26. The van der Waals surface area contributed by atoms with Crippen molar-refractivity contribution in [2.75, 3.05) is 19.6 Å². The quantitative estimate of drug-likeness (QED) is 0.185. The summed E-state index contributed by atoms with van der Waals surface area (Å²) in [6, 6.07) is 3.99. The van der Waals surface area contributed by atoms with Gasteiger partial charge in [0, 0.05) is 13.1 Å². The molecule has 2 aliphatic carbocycles. The SMILES string of the molecule is NC(N)=NCCC[C@H](NS(=O)(=O)c1ccc2c(c1)CCCC2)C(=O)N(CC(=O)O)CC1CCCCC1. The first-order valence-electron chi connectivity index (χ1n) is 12.9. The fourth-order valence-corrected chi connectivity index (χ4v) is 6.44. The molecule has 1 aromatic rings. The number of guanidine groups is 1. The number of rotatable bonds is 12. The molecule has 1 aromatic carbocycles. The Balaban J connectivity index is 1.81. The molecule has 0 aliphatic heterocycles. The van der Waals surface area contributed by atoms with Crippen LogP contribution in [0.4, 0.5) is 0 Å². The molecule has 0 saturated heterocycles. The molecule has 6 N–H and O–H groups in total. The average Bonchev–Trinajstić information content (AvgIpc) is 2.85. The number of hydrogen-bond acceptors (Lipinski definition) is 5. The van der Waals surface area contributed by atoms with Gasteiger partial charge in [-0.1, -0.05) is 25.3 Å². The molecule has 10 nitrogen and oxygen atoms in total. The fourth-order valence-electron chi connectivity index (χ4n) is 5.17. The van der Waals surface area contributed by atoms with Crippen LogP contribution >= 0.6 is 0 Å². The van der Waals surface area contributed by atoms with Crippen LogP contribution < -0.4 is 16.2 Å². The van der Waals surface area contributed by atoms with E-state index in [9.17, 15) is 23.1 Å². The standard InChI is InChI=1S/C25H39N5O5S/c26-25(27)28-14-6-11-22(24(33)30(17-23(31)32)16-18-7-2-1-3-8-18)29-36(34,35)21-13-12-19-9-4-5-10-20(19)15-21/h12-13,15,18,22,29H,1-11,14,16-17H2,(H,31,32)(H4,26,27,28)/t22-/m0/s1. The monoisotopic (exact) mass is 521 g/mol. The van der Waals surface area contributed by atoms with Gasteiger partial charge in [0.25, 0.3) is 0 Å². The van der Waals surface area contributed by atoms with Crippen LogP contribution in [0.1, 0.15) is 68.9 Å². The number of carbonyl (C=O) groups is 2. The Morgan fingerprint density at radius 1 is 1.08 bits per heavy atom. The van der Waals surface area contributed by atoms with Crippen LogP contribution in [0.3, 0.4) is 0 Å². The van der Waals surface area contributed by atoms with E-state index in [0.29, 0.717) is 13.0 Å². The van der Waals surface area contributed by atoms with Gasteiger partial charge in [0.05, 0.1) is 4.90 Å². The second-order valence-corrected chi connectivity index (χ2v) is 11.6. The summed E-state index contributed by atoms with van der Waals surface area (Å²) in [5.74, 6) is -1.54. The van der Waals surface area contributed by atoms with Gasteiger partial charge in [0.2, 0.25) is 15.9 Å².